The highest BCUT2D eigenvalue weighted by Gasteiger charge is 2.25. The Morgan fingerprint density at radius 3 is 2.67 bits per heavy atom. The number of nitrogens with zero attached hydrogens (tertiary/aromatic N) is 1. The van der Waals surface area contributed by atoms with Gasteiger partial charge in [-0.05, 0) is 45.0 Å². The van der Waals surface area contributed by atoms with Gasteiger partial charge in [0.25, 0.3) is 11.5 Å². The van der Waals surface area contributed by atoms with Gasteiger partial charge in [-0.1, -0.05) is 18.2 Å². The number of benzene rings is 1. The minimum absolute atomic E-state index is 0.144. The summed E-state index contributed by atoms with van der Waals surface area (Å²) >= 11 is 0. The Kier molecular flexibility index (Phi) is 4.25. The average Bonchev–Trinajstić information content (AvgIpc) is 2.99. The Morgan fingerprint density at radius 2 is 2.00 bits per heavy atom. The zero-order chi connectivity index (χ0) is 17.3. The van der Waals surface area contributed by atoms with Crippen molar-refractivity contribution in [1.82, 2.24) is 9.88 Å². The summed E-state index contributed by atoms with van der Waals surface area (Å²) in [4.78, 5) is 29.2. The summed E-state index contributed by atoms with van der Waals surface area (Å²) in [6.07, 6.45) is 0. The van der Waals surface area contributed by atoms with Gasteiger partial charge in [-0.15, -0.1) is 0 Å². The van der Waals surface area contributed by atoms with Gasteiger partial charge in [0.15, 0.2) is 0 Å². The normalized spacial score (nSPS) is 12.3. The molecule has 0 bridgehead atoms. The first-order chi connectivity index (χ1) is 11.5. The van der Waals surface area contributed by atoms with E-state index >= 15 is 0 Å². The predicted molar refractivity (Wildman–Crippen MR) is 93.1 cm³/mol. The minimum atomic E-state index is -0.366. The smallest absolute Gasteiger partial charge is 0.260 e. The molecule has 0 radical (unpaired) electrons. The number of para-hydroxylation sites is 1. The van der Waals surface area contributed by atoms with Crippen LogP contribution in [0.5, 0.6) is 0 Å². The number of amides is 1. The van der Waals surface area contributed by atoms with Gasteiger partial charge in [-0.3, -0.25) is 9.59 Å². The van der Waals surface area contributed by atoms with Crippen LogP contribution in [0.2, 0.25) is 0 Å². The number of furan rings is 1. The molecule has 124 valence electrons. The number of nitrogens with one attached hydrogen (secondary N) is 1. The van der Waals surface area contributed by atoms with Crippen molar-refractivity contribution in [2.75, 3.05) is 6.54 Å². The molecule has 0 aliphatic carbocycles. The van der Waals surface area contributed by atoms with Crippen molar-refractivity contribution in [2.24, 2.45) is 0 Å². The van der Waals surface area contributed by atoms with Crippen LogP contribution < -0.4 is 5.56 Å². The summed E-state index contributed by atoms with van der Waals surface area (Å²) in [6, 6.07) is 12.7. The molecule has 1 amide bonds. The second-order valence-corrected chi connectivity index (χ2v) is 5.84. The topological polar surface area (TPSA) is 66.3 Å². The maximum atomic E-state index is 12.8. The number of aromatic amines is 1. The quantitative estimate of drug-likeness (QED) is 0.796. The Balaban J connectivity index is 1.94. The molecule has 5 heteroatoms. The largest absolute Gasteiger partial charge is 0.459 e. The van der Waals surface area contributed by atoms with Gasteiger partial charge in [0, 0.05) is 17.6 Å². The molecule has 0 unspecified atom stereocenters. The molecule has 24 heavy (non-hydrogen) atoms. The fraction of sp³-hybridized carbons (Fsp3) is 0.263. The van der Waals surface area contributed by atoms with E-state index in [-0.39, 0.29) is 23.1 Å². The van der Waals surface area contributed by atoms with Crippen LogP contribution in [0, 0.1) is 6.92 Å². The standard InChI is InChI=1S/C19H20N2O3/c1-4-21(19(23)15-10-9-12(2)20-18(15)22)13(3)17-11-14-7-5-6-8-16(14)24-17/h5-11,13H,4H2,1-3H3,(H,20,22)/t13-/m0/s1. The third-order valence-corrected chi connectivity index (χ3v) is 4.21. The van der Waals surface area contributed by atoms with Crippen LogP contribution in [0.25, 0.3) is 11.0 Å². The van der Waals surface area contributed by atoms with Crippen molar-refractivity contribution in [2.45, 2.75) is 26.8 Å². The highest BCUT2D eigenvalue weighted by atomic mass is 16.3. The van der Waals surface area contributed by atoms with E-state index < -0.39 is 0 Å². The van der Waals surface area contributed by atoms with Crippen molar-refractivity contribution in [3.05, 3.63) is 69.8 Å². The molecule has 3 aromatic rings. The molecule has 0 aliphatic heterocycles. The fourth-order valence-corrected chi connectivity index (χ4v) is 2.85. The van der Waals surface area contributed by atoms with Gasteiger partial charge in [0.05, 0.1) is 6.04 Å². The molecule has 0 saturated heterocycles. The van der Waals surface area contributed by atoms with Gasteiger partial charge < -0.3 is 14.3 Å². The van der Waals surface area contributed by atoms with Crippen molar-refractivity contribution in [3.63, 3.8) is 0 Å². The summed E-state index contributed by atoms with van der Waals surface area (Å²) in [5, 5.41) is 0.996. The first kappa shape index (κ1) is 16.1. The lowest BCUT2D eigenvalue weighted by atomic mass is 10.1. The van der Waals surface area contributed by atoms with Crippen molar-refractivity contribution in [1.29, 1.82) is 0 Å². The number of pyridine rings is 1. The molecule has 0 spiro atoms. The van der Waals surface area contributed by atoms with Gasteiger partial charge >= 0.3 is 0 Å². The third-order valence-electron chi connectivity index (χ3n) is 4.21. The average molecular weight is 324 g/mol. The number of H-pyrrole nitrogens is 1. The van der Waals surface area contributed by atoms with E-state index in [2.05, 4.69) is 4.98 Å². The van der Waals surface area contributed by atoms with E-state index in [9.17, 15) is 9.59 Å². The Morgan fingerprint density at radius 1 is 1.25 bits per heavy atom. The third kappa shape index (κ3) is 2.85. The number of fused-ring (bicyclic) bond motifs is 1. The summed E-state index contributed by atoms with van der Waals surface area (Å²) in [6.45, 7) is 6.05. The summed E-state index contributed by atoms with van der Waals surface area (Å²) in [5.41, 5.74) is 1.29. The molecule has 2 heterocycles. The molecule has 0 saturated carbocycles. The van der Waals surface area contributed by atoms with Crippen LogP contribution in [0.3, 0.4) is 0 Å². The van der Waals surface area contributed by atoms with Gasteiger partial charge in [0.2, 0.25) is 0 Å². The Bertz CT molecular complexity index is 906. The van der Waals surface area contributed by atoms with E-state index in [1.807, 2.05) is 44.2 Å². The van der Waals surface area contributed by atoms with E-state index in [1.165, 1.54) is 0 Å². The van der Waals surface area contributed by atoms with E-state index in [0.29, 0.717) is 12.3 Å². The van der Waals surface area contributed by atoms with E-state index in [4.69, 9.17) is 4.42 Å². The first-order valence-corrected chi connectivity index (χ1v) is 8.00. The summed E-state index contributed by atoms with van der Waals surface area (Å²) in [5.74, 6) is 0.404. The molecule has 2 aromatic heterocycles. The summed E-state index contributed by atoms with van der Waals surface area (Å²) in [7, 11) is 0. The first-order valence-electron chi connectivity index (χ1n) is 8.00. The number of hydrogen-bond acceptors (Lipinski definition) is 3. The van der Waals surface area contributed by atoms with Crippen LogP contribution in [0.15, 0.2) is 51.7 Å². The Hall–Kier alpha value is -2.82. The van der Waals surface area contributed by atoms with Crippen LogP contribution in [-0.2, 0) is 0 Å². The number of aromatic nitrogens is 1. The molecule has 3 rings (SSSR count). The van der Waals surface area contributed by atoms with Crippen molar-refractivity contribution in [3.8, 4) is 0 Å². The van der Waals surface area contributed by atoms with Crippen molar-refractivity contribution >= 4 is 16.9 Å². The lowest BCUT2D eigenvalue weighted by molar-refractivity contribution is 0.0682. The molecule has 0 aliphatic rings. The second kappa shape index (κ2) is 6.35. The van der Waals surface area contributed by atoms with Gasteiger partial charge in [0.1, 0.15) is 16.9 Å². The molecule has 1 N–H and O–H groups in total. The van der Waals surface area contributed by atoms with Gasteiger partial charge in [-0.2, -0.15) is 0 Å². The molecular formula is C19H20N2O3. The lowest BCUT2D eigenvalue weighted by Gasteiger charge is -2.26. The van der Waals surface area contributed by atoms with Crippen LogP contribution in [-0.4, -0.2) is 22.3 Å². The molecular weight excluding hydrogens is 304 g/mol. The van der Waals surface area contributed by atoms with Crippen LogP contribution in [0.1, 0.15) is 41.7 Å². The zero-order valence-corrected chi connectivity index (χ0v) is 14.0. The monoisotopic (exact) mass is 324 g/mol. The number of carbonyl (C=O) groups excluding carboxylic acids is 1. The number of aryl methyl sites for hydroxylation is 1. The SMILES string of the molecule is CCN(C(=O)c1ccc(C)[nH]c1=O)[C@@H](C)c1cc2ccccc2o1. The lowest BCUT2D eigenvalue weighted by Crippen LogP contribution is -2.36. The van der Waals surface area contributed by atoms with Gasteiger partial charge in [-0.25, -0.2) is 0 Å². The predicted octanol–water partition coefficient (Wildman–Crippen LogP) is 3.65. The molecule has 1 atom stereocenters. The fourth-order valence-electron chi connectivity index (χ4n) is 2.85. The maximum absolute atomic E-state index is 12.8. The number of hydrogen-bond donors (Lipinski definition) is 1. The molecule has 5 nitrogen and oxygen atoms in total. The Labute approximate surface area is 139 Å². The zero-order valence-electron chi connectivity index (χ0n) is 14.0. The second-order valence-electron chi connectivity index (χ2n) is 5.84. The highest BCUT2D eigenvalue weighted by Crippen LogP contribution is 2.28. The highest BCUT2D eigenvalue weighted by molar-refractivity contribution is 5.94. The minimum Gasteiger partial charge on any atom is -0.459 e. The maximum Gasteiger partial charge on any atom is 0.260 e. The van der Waals surface area contributed by atoms with Crippen molar-refractivity contribution < 1.29 is 9.21 Å². The molecule has 0 fully saturated rings. The van der Waals surface area contributed by atoms with Crippen LogP contribution >= 0.6 is 0 Å². The summed E-state index contributed by atoms with van der Waals surface area (Å²) < 4.78 is 5.87. The van der Waals surface area contributed by atoms with Crippen LogP contribution in [0.4, 0.5) is 0 Å². The number of rotatable bonds is 4. The molecule has 1 aromatic carbocycles. The van der Waals surface area contributed by atoms with E-state index in [1.54, 1.807) is 24.0 Å². The van der Waals surface area contributed by atoms with E-state index in [0.717, 1.165) is 16.7 Å². The number of carbonyl (C=O) groups is 1.